The number of piperidine rings is 1. The zero-order valence-corrected chi connectivity index (χ0v) is 19.3. The molecular formula is C28H32N2O3. The van der Waals surface area contributed by atoms with E-state index in [1.54, 1.807) is 13.3 Å². The largest absolute Gasteiger partial charge is 0.493 e. The number of pyridine rings is 1. The number of hydrogen-bond donors (Lipinski definition) is 0. The van der Waals surface area contributed by atoms with Gasteiger partial charge in [0.2, 0.25) is 0 Å². The number of likely N-dealkylation sites (tertiary alicyclic amines) is 1. The first-order valence-electron chi connectivity index (χ1n) is 12.2. The minimum Gasteiger partial charge on any atom is -0.493 e. The van der Waals surface area contributed by atoms with Crippen LogP contribution in [-0.4, -0.2) is 42.1 Å². The molecule has 5 nitrogen and oxygen atoms in total. The molecule has 33 heavy (non-hydrogen) atoms. The average Bonchev–Trinajstić information content (AvgIpc) is 3.37. The van der Waals surface area contributed by atoms with Gasteiger partial charge in [0, 0.05) is 24.7 Å². The Bertz CT molecular complexity index is 1110. The Balaban J connectivity index is 1.22. The predicted molar refractivity (Wildman–Crippen MR) is 130 cm³/mol. The highest BCUT2D eigenvalue weighted by molar-refractivity contribution is 6.05. The Morgan fingerprint density at radius 3 is 2.58 bits per heavy atom. The van der Waals surface area contributed by atoms with E-state index in [9.17, 15) is 4.79 Å². The lowest BCUT2D eigenvalue weighted by Gasteiger charge is -2.32. The number of carbonyl (C=O) groups excluding carboxylic acids is 1. The predicted octanol–water partition coefficient (Wildman–Crippen LogP) is 5.66. The van der Waals surface area contributed by atoms with Crippen molar-refractivity contribution in [3.05, 3.63) is 65.9 Å². The van der Waals surface area contributed by atoms with Crippen molar-refractivity contribution < 1.29 is 14.3 Å². The molecule has 5 heteroatoms. The van der Waals surface area contributed by atoms with Crippen LogP contribution in [0.4, 0.5) is 0 Å². The highest BCUT2D eigenvalue weighted by atomic mass is 16.5. The van der Waals surface area contributed by atoms with Gasteiger partial charge in [0.1, 0.15) is 0 Å². The molecule has 3 aromatic rings. The molecule has 0 N–H and O–H groups in total. The van der Waals surface area contributed by atoms with Crippen molar-refractivity contribution in [2.45, 2.75) is 51.0 Å². The number of hydrogen-bond acceptors (Lipinski definition) is 4. The second-order valence-electron chi connectivity index (χ2n) is 9.33. The highest BCUT2D eigenvalue weighted by Gasteiger charge is 2.26. The van der Waals surface area contributed by atoms with E-state index in [1.165, 1.54) is 18.4 Å². The summed E-state index contributed by atoms with van der Waals surface area (Å²) in [4.78, 5) is 19.7. The maximum atomic E-state index is 13.2. The summed E-state index contributed by atoms with van der Waals surface area (Å²) in [5.74, 6) is 2.34. The molecule has 0 unspecified atom stereocenters. The average molecular weight is 445 g/mol. The van der Waals surface area contributed by atoms with E-state index in [0.29, 0.717) is 17.6 Å². The number of para-hydroxylation sites is 1. The van der Waals surface area contributed by atoms with Crippen LogP contribution in [0.15, 0.2) is 54.7 Å². The highest BCUT2D eigenvalue weighted by Crippen LogP contribution is 2.34. The second-order valence-corrected chi connectivity index (χ2v) is 9.33. The number of benzene rings is 2. The monoisotopic (exact) mass is 444 g/mol. The van der Waals surface area contributed by atoms with Crippen LogP contribution in [0.1, 0.15) is 54.4 Å². The molecule has 2 heterocycles. The van der Waals surface area contributed by atoms with Crippen LogP contribution in [-0.2, 0) is 6.42 Å². The van der Waals surface area contributed by atoms with Crippen molar-refractivity contribution in [2.75, 3.05) is 20.2 Å². The molecule has 0 radical (unpaired) electrons. The summed E-state index contributed by atoms with van der Waals surface area (Å²) < 4.78 is 11.8. The number of carbonyl (C=O) groups is 1. The summed E-state index contributed by atoms with van der Waals surface area (Å²) in [6.07, 6.45) is 9.85. The molecule has 5 rings (SSSR count). The van der Waals surface area contributed by atoms with Gasteiger partial charge < -0.3 is 14.4 Å². The molecule has 172 valence electrons. The summed E-state index contributed by atoms with van der Waals surface area (Å²) in [7, 11) is 1.70. The van der Waals surface area contributed by atoms with Crippen LogP contribution in [0.25, 0.3) is 10.9 Å². The number of fused-ring (bicyclic) bond motifs is 1. The van der Waals surface area contributed by atoms with E-state index in [4.69, 9.17) is 9.47 Å². The molecule has 1 amide bonds. The van der Waals surface area contributed by atoms with Crippen LogP contribution < -0.4 is 9.47 Å². The molecule has 1 aromatic heterocycles. The van der Waals surface area contributed by atoms with Crippen LogP contribution >= 0.6 is 0 Å². The maximum absolute atomic E-state index is 13.2. The first kappa shape index (κ1) is 21.7. The molecule has 0 bridgehead atoms. The number of amides is 1. The Morgan fingerprint density at radius 2 is 1.79 bits per heavy atom. The van der Waals surface area contributed by atoms with E-state index < -0.39 is 0 Å². The summed E-state index contributed by atoms with van der Waals surface area (Å²) in [5.41, 5.74) is 2.78. The number of rotatable bonds is 6. The van der Waals surface area contributed by atoms with Crippen LogP contribution in [0, 0.1) is 5.92 Å². The Hall–Kier alpha value is -3.08. The number of aromatic nitrogens is 1. The van der Waals surface area contributed by atoms with Crippen molar-refractivity contribution in [3.8, 4) is 11.5 Å². The first-order valence-corrected chi connectivity index (χ1v) is 12.2. The third kappa shape index (κ3) is 4.82. The second kappa shape index (κ2) is 9.82. The Kier molecular flexibility index (Phi) is 6.47. The van der Waals surface area contributed by atoms with Crippen molar-refractivity contribution in [1.29, 1.82) is 0 Å². The summed E-state index contributed by atoms with van der Waals surface area (Å²) in [5, 5.41) is 1.01. The minimum absolute atomic E-state index is 0.0921. The molecular weight excluding hydrogens is 412 g/mol. The molecule has 1 saturated carbocycles. The SMILES string of the molecule is COc1ccc(CC2CCN(C(=O)c3cccc4cccnc34)CC2)cc1OC1CCCC1. The van der Waals surface area contributed by atoms with Gasteiger partial charge in [-0.15, -0.1) is 0 Å². The molecule has 0 atom stereocenters. The first-order chi connectivity index (χ1) is 16.2. The van der Waals surface area contributed by atoms with Gasteiger partial charge in [0.05, 0.1) is 24.3 Å². The summed E-state index contributed by atoms with van der Waals surface area (Å²) in [6, 6.07) is 16.1. The Labute approximate surface area is 195 Å². The normalized spacial score (nSPS) is 17.4. The fourth-order valence-electron chi connectivity index (χ4n) is 5.25. The van der Waals surface area contributed by atoms with Crippen molar-refractivity contribution in [2.24, 2.45) is 5.92 Å². The van der Waals surface area contributed by atoms with Crippen molar-refractivity contribution >= 4 is 16.8 Å². The van der Waals surface area contributed by atoms with Gasteiger partial charge in [-0.1, -0.05) is 24.3 Å². The number of nitrogens with zero attached hydrogens (tertiary/aromatic N) is 2. The van der Waals surface area contributed by atoms with Gasteiger partial charge >= 0.3 is 0 Å². The van der Waals surface area contributed by atoms with E-state index in [2.05, 4.69) is 17.1 Å². The maximum Gasteiger partial charge on any atom is 0.256 e. The molecule has 2 fully saturated rings. The fraction of sp³-hybridized carbons (Fsp3) is 0.429. The van der Waals surface area contributed by atoms with Gasteiger partial charge in [-0.05, 0) is 80.7 Å². The Morgan fingerprint density at radius 1 is 1.00 bits per heavy atom. The smallest absolute Gasteiger partial charge is 0.256 e. The zero-order valence-electron chi connectivity index (χ0n) is 19.3. The van der Waals surface area contributed by atoms with E-state index >= 15 is 0 Å². The molecule has 0 spiro atoms. The van der Waals surface area contributed by atoms with Gasteiger partial charge in [-0.25, -0.2) is 0 Å². The van der Waals surface area contributed by atoms with E-state index in [0.717, 1.165) is 67.6 Å². The summed E-state index contributed by atoms with van der Waals surface area (Å²) >= 11 is 0. The standard InChI is InChI=1S/C28H32N2O3/c1-32-25-12-11-21(19-26(25)33-23-8-2-3-9-23)18-20-13-16-30(17-14-20)28(31)24-10-4-6-22-7-5-15-29-27(22)24/h4-7,10-12,15,19-20,23H,2-3,8-9,13-14,16-18H2,1H3. The van der Waals surface area contributed by atoms with Crippen LogP contribution in [0.2, 0.25) is 0 Å². The molecule has 2 aliphatic rings. The minimum atomic E-state index is 0.0921. The van der Waals surface area contributed by atoms with Gasteiger partial charge in [0.15, 0.2) is 11.5 Å². The van der Waals surface area contributed by atoms with Crippen LogP contribution in [0.3, 0.4) is 0 Å². The number of methoxy groups -OCH3 is 1. The van der Waals surface area contributed by atoms with Gasteiger partial charge in [0.25, 0.3) is 5.91 Å². The summed E-state index contributed by atoms with van der Waals surface area (Å²) in [6.45, 7) is 1.57. The third-order valence-electron chi connectivity index (χ3n) is 7.11. The fourth-order valence-corrected chi connectivity index (χ4v) is 5.25. The molecule has 2 aromatic carbocycles. The van der Waals surface area contributed by atoms with Crippen molar-refractivity contribution in [1.82, 2.24) is 9.88 Å². The van der Waals surface area contributed by atoms with Gasteiger partial charge in [-0.2, -0.15) is 0 Å². The lowest BCUT2D eigenvalue weighted by molar-refractivity contribution is 0.0692. The quantitative estimate of drug-likeness (QED) is 0.492. The lowest BCUT2D eigenvalue weighted by atomic mass is 9.89. The van der Waals surface area contributed by atoms with E-state index in [-0.39, 0.29) is 5.91 Å². The van der Waals surface area contributed by atoms with E-state index in [1.807, 2.05) is 41.3 Å². The third-order valence-corrected chi connectivity index (χ3v) is 7.11. The lowest BCUT2D eigenvalue weighted by Crippen LogP contribution is -2.39. The number of ether oxygens (including phenoxy) is 2. The van der Waals surface area contributed by atoms with Crippen LogP contribution in [0.5, 0.6) is 11.5 Å². The zero-order chi connectivity index (χ0) is 22.6. The molecule has 1 saturated heterocycles. The van der Waals surface area contributed by atoms with Gasteiger partial charge in [-0.3, -0.25) is 9.78 Å². The molecule has 1 aliphatic carbocycles. The topological polar surface area (TPSA) is 51.7 Å². The molecule has 1 aliphatic heterocycles. The van der Waals surface area contributed by atoms with Crippen molar-refractivity contribution in [3.63, 3.8) is 0 Å².